The van der Waals surface area contributed by atoms with Gasteiger partial charge in [-0.3, -0.25) is 0 Å². The molecule has 2 rings (SSSR count). The van der Waals surface area contributed by atoms with Crippen LogP contribution in [-0.2, 0) is 7.05 Å². The Morgan fingerprint density at radius 1 is 1.35 bits per heavy atom. The maximum Gasteiger partial charge on any atom is 0.138 e. The minimum atomic E-state index is 0.303. The van der Waals surface area contributed by atoms with Gasteiger partial charge in [-0.15, -0.1) is 0 Å². The van der Waals surface area contributed by atoms with Crippen molar-refractivity contribution in [3.8, 4) is 5.75 Å². The lowest BCUT2D eigenvalue weighted by Gasteiger charge is -2.11. The van der Waals surface area contributed by atoms with Crippen LogP contribution in [0.2, 0.25) is 5.02 Å². The van der Waals surface area contributed by atoms with Crippen molar-refractivity contribution in [3.05, 3.63) is 28.9 Å². The molecule has 0 saturated heterocycles. The summed E-state index contributed by atoms with van der Waals surface area (Å²) in [5, 5.41) is 5.03. The first kappa shape index (κ1) is 12.3. The lowest BCUT2D eigenvalue weighted by atomic mass is 10.2. The predicted molar refractivity (Wildman–Crippen MR) is 72.0 cm³/mol. The summed E-state index contributed by atoms with van der Waals surface area (Å²) in [6.07, 6.45) is 0. The zero-order valence-electron chi connectivity index (χ0n) is 10.5. The molecule has 1 atom stereocenters. The number of halogens is 1. The summed E-state index contributed by atoms with van der Waals surface area (Å²) in [4.78, 5) is 0. The first-order chi connectivity index (χ1) is 8.08. The number of hydrogen-bond donors (Lipinski definition) is 1. The summed E-state index contributed by atoms with van der Waals surface area (Å²) in [5.41, 5.74) is 2.35. The highest BCUT2D eigenvalue weighted by atomic mass is 35.5. The molecule has 0 radical (unpaired) electrons. The number of nitrogens with one attached hydrogen (secondary N) is 1. The average Bonchev–Trinajstić information content (AvgIpc) is 2.65. The third kappa shape index (κ3) is 2.01. The standard InChI is InChI=1S/C13H17ClN2O/c1-8(15-2)11-5-9-6-13(17-4)10(14)7-12(9)16(11)3/h5-8,15H,1-4H3. The SMILES string of the molecule is CNC(C)c1cc2cc(OC)c(Cl)cc2n1C. The smallest absolute Gasteiger partial charge is 0.138 e. The van der Waals surface area contributed by atoms with Crippen LogP contribution < -0.4 is 10.1 Å². The van der Waals surface area contributed by atoms with Crippen LogP contribution in [0.25, 0.3) is 10.9 Å². The zero-order chi connectivity index (χ0) is 12.6. The molecule has 0 aliphatic carbocycles. The van der Waals surface area contributed by atoms with Gasteiger partial charge in [0.05, 0.1) is 12.1 Å². The largest absolute Gasteiger partial charge is 0.495 e. The molecule has 92 valence electrons. The number of aryl methyl sites for hydroxylation is 1. The molecule has 3 nitrogen and oxygen atoms in total. The van der Waals surface area contributed by atoms with E-state index in [9.17, 15) is 0 Å². The fourth-order valence-corrected chi connectivity index (χ4v) is 2.31. The minimum absolute atomic E-state index is 0.303. The fraction of sp³-hybridized carbons (Fsp3) is 0.385. The number of fused-ring (bicyclic) bond motifs is 1. The number of methoxy groups -OCH3 is 1. The van der Waals surface area contributed by atoms with E-state index >= 15 is 0 Å². The molecule has 17 heavy (non-hydrogen) atoms. The van der Waals surface area contributed by atoms with E-state index in [0.29, 0.717) is 16.8 Å². The topological polar surface area (TPSA) is 26.2 Å². The molecule has 1 unspecified atom stereocenters. The highest BCUT2D eigenvalue weighted by molar-refractivity contribution is 6.32. The van der Waals surface area contributed by atoms with E-state index in [0.717, 1.165) is 10.9 Å². The first-order valence-electron chi connectivity index (χ1n) is 5.58. The van der Waals surface area contributed by atoms with Gasteiger partial charge >= 0.3 is 0 Å². The summed E-state index contributed by atoms with van der Waals surface area (Å²) < 4.78 is 7.39. The van der Waals surface area contributed by atoms with Gasteiger partial charge in [-0.2, -0.15) is 0 Å². The van der Waals surface area contributed by atoms with Gasteiger partial charge in [-0.25, -0.2) is 0 Å². The average molecular weight is 253 g/mol. The second-order valence-electron chi connectivity index (χ2n) is 4.18. The van der Waals surface area contributed by atoms with Gasteiger partial charge < -0.3 is 14.6 Å². The van der Waals surface area contributed by atoms with Gasteiger partial charge in [0, 0.05) is 29.7 Å². The van der Waals surface area contributed by atoms with Gasteiger partial charge in [0.1, 0.15) is 5.75 Å². The molecular weight excluding hydrogens is 236 g/mol. The number of nitrogens with zero attached hydrogens (tertiary/aromatic N) is 1. The summed E-state index contributed by atoms with van der Waals surface area (Å²) in [6.45, 7) is 2.13. The van der Waals surface area contributed by atoms with Crippen LogP contribution in [0.3, 0.4) is 0 Å². The number of benzene rings is 1. The third-order valence-corrected chi connectivity index (χ3v) is 3.53. The van der Waals surface area contributed by atoms with E-state index < -0.39 is 0 Å². The van der Waals surface area contributed by atoms with Crippen molar-refractivity contribution in [3.63, 3.8) is 0 Å². The molecule has 0 aliphatic heterocycles. The van der Waals surface area contributed by atoms with Gasteiger partial charge in [0.2, 0.25) is 0 Å². The second-order valence-corrected chi connectivity index (χ2v) is 4.59. The van der Waals surface area contributed by atoms with Crippen LogP contribution in [0.5, 0.6) is 5.75 Å². The Morgan fingerprint density at radius 2 is 2.06 bits per heavy atom. The number of aromatic nitrogens is 1. The highest BCUT2D eigenvalue weighted by Gasteiger charge is 2.13. The molecule has 1 heterocycles. The van der Waals surface area contributed by atoms with Crippen LogP contribution in [0.1, 0.15) is 18.7 Å². The van der Waals surface area contributed by atoms with E-state index in [1.807, 2.05) is 26.2 Å². The molecule has 0 bridgehead atoms. The number of rotatable bonds is 3. The quantitative estimate of drug-likeness (QED) is 0.909. The Bertz CT molecular complexity index is 548. The zero-order valence-corrected chi connectivity index (χ0v) is 11.3. The van der Waals surface area contributed by atoms with Gasteiger partial charge in [0.25, 0.3) is 0 Å². The molecule has 1 aromatic heterocycles. The van der Waals surface area contributed by atoms with Crippen molar-refractivity contribution in [1.29, 1.82) is 0 Å². The Morgan fingerprint density at radius 3 is 2.65 bits per heavy atom. The second kappa shape index (κ2) is 4.59. The van der Waals surface area contributed by atoms with E-state index in [1.165, 1.54) is 5.69 Å². The van der Waals surface area contributed by atoms with Crippen molar-refractivity contribution >= 4 is 22.5 Å². The molecule has 4 heteroatoms. The van der Waals surface area contributed by atoms with E-state index in [4.69, 9.17) is 16.3 Å². The lowest BCUT2D eigenvalue weighted by Crippen LogP contribution is -2.15. The molecule has 2 aromatic rings. The molecule has 1 aromatic carbocycles. The number of hydrogen-bond acceptors (Lipinski definition) is 2. The molecule has 0 amide bonds. The van der Waals surface area contributed by atoms with Crippen molar-refractivity contribution in [2.45, 2.75) is 13.0 Å². The number of ether oxygens (including phenoxy) is 1. The van der Waals surface area contributed by atoms with Gasteiger partial charge in [0.15, 0.2) is 0 Å². The minimum Gasteiger partial charge on any atom is -0.495 e. The molecule has 1 N–H and O–H groups in total. The van der Waals surface area contributed by atoms with E-state index in [-0.39, 0.29) is 0 Å². The van der Waals surface area contributed by atoms with Crippen LogP contribution in [0.4, 0.5) is 0 Å². The molecule has 0 saturated carbocycles. The summed E-state index contributed by atoms with van der Waals surface area (Å²) in [6, 6.07) is 6.39. The van der Waals surface area contributed by atoms with Crippen molar-refractivity contribution < 1.29 is 4.74 Å². The van der Waals surface area contributed by atoms with Crippen molar-refractivity contribution in [1.82, 2.24) is 9.88 Å². The van der Waals surface area contributed by atoms with Gasteiger partial charge in [-0.05, 0) is 32.2 Å². The molecule has 0 fully saturated rings. The predicted octanol–water partition coefficient (Wildman–Crippen LogP) is 3.12. The van der Waals surface area contributed by atoms with Crippen molar-refractivity contribution in [2.75, 3.05) is 14.2 Å². The van der Waals surface area contributed by atoms with Crippen LogP contribution in [-0.4, -0.2) is 18.7 Å². The van der Waals surface area contributed by atoms with Gasteiger partial charge in [-0.1, -0.05) is 11.6 Å². The maximum atomic E-state index is 6.14. The maximum absolute atomic E-state index is 6.14. The van der Waals surface area contributed by atoms with Crippen LogP contribution in [0, 0.1) is 0 Å². The lowest BCUT2D eigenvalue weighted by molar-refractivity contribution is 0.415. The highest BCUT2D eigenvalue weighted by Crippen LogP contribution is 2.32. The molecule has 0 spiro atoms. The fourth-order valence-electron chi connectivity index (χ4n) is 2.08. The van der Waals surface area contributed by atoms with Crippen LogP contribution in [0.15, 0.2) is 18.2 Å². The summed E-state index contributed by atoms with van der Waals surface area (Å²) in [5.74, 6) is 0.716. The molecule has 0 aliphatic rings. The Kier molecular flexibility index (Phi) is 3.31. The normalized spacial score (nSPS) is 13.0. The Balaban J connectivity index is 2.65. The Labute approximate surface area is 106 Å². The van der Waals surface area contributed by atoms with Crippen molar-refractivity contribution in [2.24, 2.45) is 7.05 Å². The van der Waals surface area contributed by atoms with E-state index in [2.05, 4.69) is 22.9 Å². The monoisotopic (exact) mass is 252 g/mol. The van der Waals surface area contributed by atoms with E-state index in [1.54, 1.807) is 7.11 Å². The summed E-state index contributed by atoms with van der Waals surface area (Å²) in [7, 11) is 5.64. The Hall–Kier alpha value is -1.19. The summed E-state index contributed by atoms with van der Waals surface area (Å²) >= 11 is 6.14. The molecular formula is C13H17ClN2O. The van der Waals surface area contributed by atoms with Crippen LogP contribution >= 0.6 is 11.6 Å². The third-order valence-electron chi connectivity index (χ3n) is 3.23. The first-order valence-corrected chi connectivity index (χ1v) is 5.96.